The Kier molecular flexibility index (Phi) is 9.32. The van der Waals surface area contributed by atoms with E-state index < -0.39 is 0 Å². The molecular weight excluding hydrogens is 486 g/mol. The number of hydrogen-bond acceptors (Lipinski definition) is 3. The summed E-state index contributed by atoms with van der Waals surface area (Å²) >= 11 is 0. The molecule has 40 heavy (non-hydrogen) atoms. The number of nitrogens with zero attached hydrogens (tertiary/aromatic N) is 3. The van der Waals surface area contributed by atoms with E-state index in [-0.39, 0.29) is 0 Å². The van der Waals surface area contributed by atoms with Crippen molar-refractivity contribution in [3.63, 3.8) is 0 Å². The Bertz CT molecular complexity index is 1270. The molecule has 0 aromatic heterocycles. The van der Waals surface area contributed by atoms with Gasteiger partial charge in [-0.2, -0.15) is 0 Å². The molecule has 3 heteroatoms. The van der Waals surface area contributed by atoms with Gasteiger partial charge in [-0.1, -0.05) is 80.3 Å². The molecule has 0 radical (unpaired) electrons. The fourth-order valence-electron chi connectivity index (χ4n) is 6.61. The van der Waals surface area contributed by atoms with Crippen LogP contribution in [0.25, 0.3) is 5.70 Å². The second-order valence-corrected chi connectivity index (χ2v) is 12.1. The molecule has 3 nitrogen and oxygen atoms in total. The Morgan fingerprint density at radius 3 is 2.50 bits per heavy atom. The standard InChI is InChI=1S/C37H49N3/c1-6-34-25-33(18-15-28(34)2)20-17-30(4)40-26-35-13-10-14-36(37(35)27-40)31(5)39-23-21-38(22-24-39)29(3)16-19-32-11-8-7-9-12-32/h8,10-15,18,25,30H,3,5-7,9,16-17,19-24,26-27H2,1-2,4H3. The molecule has 0 N–H and O–H groups in total. The van der Waals surface area contributed by atoms with E-state index in [9.17, 15) is 0 Å². The van der Waals surface area contributed by atoms with Crippen LogP contribution in [0.3, 0.4) is 0 Å². The zero-order chi connectivity index (χ0) is 28.1. The average molecular weight is 536 g/mol. The van der Waals surface area contributed by atoms with Crippen LogP contribution in [0.4, 0.5) is 0 Å². The summed E-state index contributed by atoms with van der Waals surface area (Å²) in [6.07, 6.45) is 15.0. The lowest BCUT2D eigenvalue weighted by Crippen LogP contribution is -2.44. The molecule has 2 aromatic rings. The van der Waals surface area contributed by atoms with Crippen LogP contribution in [-0.4, -0.2) is 46.9 Å². The van der Waals surface area contributed by atoms with Crippen molar-refractivity contribution in [2.45, 2.75) is 84.8 Å². The zero-order valence-electron chi connectivity index (χ0n) is 25.2. The molecule has 212 valence electrons. The molecule has 1 fully saturated rings. The first-order valence-corrected chi connectivity index (χ1v) is 15.6. The Labute approximate surface area is 243 Å². The van der Waals surface area contributed by atoms with E-state index in [2.05, 4.69) is 103 Å². The SMILES string of the molecule is C=C(CCC1=CCCC=C1)N1CCN(C(=C)c2cccc3c2CN(C(C)CCc2ccc(C)c(CC)c2)C3)CC1. The maximum Gasteiger partial charge on any atom is 0.0371 e. The van der Waals surface area contributed by atoms with Gasteiger partial charge in [-0.25, -0.2) is 0 Å². The van der Waals surface area contributed by atoms with Crippen molar-refractivity contribution in [3.8, 4) is 0 Å². The Balaban J connectivity index is 1.13. The molecule has 2 aromatic carbocycles. The number of fused-ring (bicyclic) bond motifs is 1. The molecular formula is C37H49N3. The predicted molar refractivity (Wildman–Crippen MR) is 171 cm³/mol. The van der Waals surface area contributed by atoms with E-state index in [1.807, 2.05) is 0 Å². The van der Waals surface area contributed by atoms with Crippen molar-refractivity contribution < 1.29 is 0 Å². The van der Waals surface area contributed by atoms with Gasteiger partial charge in [0.1, 0.15) is 0 Å². The highest BCUT2D eigenvalue weighted by Gasteiger charge is 2.28. The lowest BCUT2D eigenvalue weighted by molar-refractivity contribution is 0.202. The summed E-state index contributed by atoms with van der Waals surface area (Å²) in [5.74, 6) is 0. The Morgan fingerprint density at radius 1 is 0.950 bits per heavy atom. The Morgan fingerprint density at radius 2 is 1.75 bits per heavy atom. The van der Waals surface area contributed by atoms with Gasteiger partial charge >= 0.3 is 0 Å². The third kappa shape index (κ3) is 6.63. The van der Waals surface area contributed by atoms with E-state index in [0.29, 0.717) is 6.04 Å². The van der Waals surface area contributed by atoms with Crippen LogP contribution in [0, 0.1) is 6.92 Å². The fraction of sp³-hybridized carbons (Fsp3) is 0.459. The van der Waals surface area contributed by atoms with Gasteiger partial charge in [-0.3, -0.25) is 4.90 Å². The van der Waals surface area contributed by atoms with Crippen LogP contribution in [-0.2, 0) is 25.9 Å². The molecule has 1 unspecified atom stereocenters. The maximum atomic E-state index is 4.61. The summed E-state index contributed by atoms with van der Waals surface area (Å²) in [6.45, 7) is 22.1. The van der Waals surface area contributed by atoms with Gasteiger partial charge in [0.2, 0.25) is 0 Å². The van der Waals surface area contributed by atoms with E-state index in [0.717, 1.165) is 65.0 Å². The third-order valence-corrected chi connectivity index (χ3v) is 9.47. The summed E-state index contributed by atoms with van der Waals surface area (Å²) in [7, 11) is 0. The number of benzene rings is 2. The summed E-state index contributed by atoms with van der Waals surface area (Å²) in [6, 6.07) is 14.4. The molecule has 0 saturated carbocycles. The van der Waals surface area contributed by atoms with Crippen LogP contribution in [0.15, 0.2) is 79.1 Å². The van der Waals surface area contributed by atoms with Crippen LogP contribution in [0.1, 0.15) is 79.3 Å². The van der Waals surface area contributed by atoms with Gasteiger partial charge < -0.3 is 9.80 Å². The highest BCUT2D eigenvalue weighted by atomic mass is 15.3. The largest absolute Gasteiger partial charge is 0.372 e. The lowest BCUT2D eigenvalue weighted by atomic mass is 9.99. The number of allylic oxidation sites excluding steroid dienone is 5. The molecule has 0 spiro atoms. The molecule has 1 atom stereocenters. The third-order valence-electron chi connectivity index (χ3n) is 9.47. The molecule has 2 aliphatic heterocycles. The first-order chi connectivity index (χ1) is 19.4. The molecule has 3 aliphatic rings. The van der Waals surface area contributed by atoms with Crippen molar-refractivity contribution in [2.75, 3.05) is 26.2 Å². The lowest BCUT2D eigenvalue weighted by Gasteiger charge is -2.39. The highest BCUT2D eigenvalue weighted by molar-refractivity contribution is 5.67. The minimum absolute atomic E-state index is 0.550. The summed E-state index contributed by atoms with van der Waals surface area (Å²) in [5, 5.41) is 0. The van der Waals surface area contributed by atoms with Crippen molar-refractivity contribution in [1.29, 1.82) is 0 Å². The summed E-state index contributed by atoms with van der Waals surface area (Å²) in [4.78, 5) is 7.66. The van der Waals surface area contributed by atoms with Crippen molar-refractivity contribution in [3.05, 3.63) is 112 Å². The number of hydrogen-bond donors (Lipinski definition) is 0. The minimum Gasteiger partial charge on any atom is -0.372 e. The highest BCUT2D eigenvalue weighted by Crippen LogP contribution is 2.33. The predicted octanol–water partition coefficient (Wildman–Crippen LogP) is 8.05. The smallest absolute Gasteiger partial charge is 0.0371 e. The van der Waals surface area contributed by atoms with Gasteiger partial charge in [-0.15, -0.1) is 0 Å². The van der Waals surface area contributed by atoms with Crippen LogP contribution in [0.5, 0.6) is 0 Å². The quantitative estimate of drug-likeness (QED) is 0.288. The van der Waals surface area contributed by atoms with Crippen LogP contribution >= 0.6 is 0 Å². The van der Waals surface area contributed by atoms with Crippen LogP contribution < -0.4 is 0 Å². The van der Waals surface area contributed by atoms with Crippen molar-refractivity contribution >= 4 is 5.70 Å². The molecule has 1 aliphatic carbocycles. The minimum atomic E-state index is 0.550. The molecule has 0 amide bonds. The summed E-state index contributed by atoms with van der Waals surface area (Å²) < 4.78 is 0. The summed E-state index contributed by atoms with van der Waals surface area (Å²) in [5.41, 5.74) is 12.6. The molecule has 0 bridgehead atoms. The van der Waals surface area contributed by atoms with Crippen molar-refractivity contribution in [1.82, 2.24) is 14.7 Å². The normalized spacial score (nSPS) is 18.0. The maximum absolute atomic E-state index is 4.61. The topological polar surface area (TPSA) is 9.72 Å². The van der Waals surface area contributed by atoms with Gasteiger partial charge in [0.15, 0.2) is 0 Å². The second kappa shape index (κ2) is 13.1. The monoisotopic (exact) mass is 535 g/mol. The van der Waals surface area contributed by atoms with E-state index >= 15 is 0 Å². The zero-order valence-corrected chi connectivity index (χ0v) is 25.2. The number of aryl methyl sites for hydroxylation is 3. The van der Waals surface area contributed by atoms with E-state index in [1.54, 1.807) is 0 Å². The molecule has 2 heterocycles. The second-order valence-electron chi connectivity index (χ2n) is 12.1. The van der Waals surface area contributed by atoms with E-state index in [4.69, 9.17) is 0 Å². The van der Waals surface area contributed by atoms with Gasteiger partial charge in [0.05, 0.1) is 0 Å². The first kappa shape index (κ1) is 28.5. The Hall–Kier alpha value is -3.04. The van der Waals surface area contributed by atoms with Gasteiger partial charge in [0, 0.05) is 62.3 Å². The van der Waals surface area contributed by atoms with E-state index in [1.165, 1.54) is 69.6 Å². The van der Waals surface area contributed by atoms with Gasteiger partial charge in [-0.05, 0) is 86.6 Å². The average Bonchev–Trinajstić information content (AvgIpc) is 3.44. The molecule has 1 saturated heterocycles. The first-order valence-electron chi connectivity index (χ1n) is 15.6. The fourth-order valence-corrected chi connectivity index (χ4v) is 6.61. The molecule has 5 rings (SSSR count). The number of rotatable bonds is 11. The number of piperazine rings is 1. The van der Waals surface area contributed by atoms with Crippen LogP contribution in [0.2, 0.25) is 0 Å². The van der Waals surface area contributed by atoms with Gasteiger partial charge in [0.25, 0.3) is 0 Å². The van der Waals surface area contributed by atoms with Crippen molar-refractivity contribution in [2.24, 2.45) is 0 Å².